The Kier molecular flexibility index (Phi) is 2.09. The quantitative estimate of drug-likeness (QED) is 0.758. The van der Waals surface area contributed by atoms with Crippen LogP contribution in [0.15, 0.2) is 29.2 Å². The van der Waals surface area contributed by atoms with Crippen molar-refractivity contribution in [2.75, 3.05) is 5.73 Å². The number of nitrogens with zero attached hydrogens (tertiary/aromatic N) is 2. The van der Waals surface area contributed by atoms with Gasteiger partial charge >= 0.3 is 5.97 Å². The van der Waals surface area contributed by atoms with E-state index in [0.29, 0.717) is 11.3 Å². The van der Waals surface area contributed by atoms with Gasteiger partial charge in [0.2, 0.25) is 0 Å². The van der Waals surface area contributed by atoms with Crippen molar-refractivity contribution < 1.29 is 14.3 Å². The van der Waals surface area contributed by atoms with E-state index in [4.69, 9.17) is 15.3 Å². The number of nitrogens with two attached hydrogens (primary N) is 1. The summed E-state index contributed by atoms with van der Waals surface area (Å²) in [4.78, 5) is 18.4. The molecule has 76 valence electrons. The van der Waals surface area contributed by atoms with Crippen LogP contribution in [0.3, 0.4) is 0 Å². The first-order chi connectivity index (χ1) is 7.18. The summed E-state index contributed by atoms with van der Waals surface area (Å²) < 4.78 is 4.85. The van der Waals surface area contributed by atoms with Gasteiger partial charge < -0.3 is 15.3 Å². The number of hydrogen-bond donors (Lipinski definition) is 2. The highest BCUT2D eigenvalue weighted by atomic mass is 16.4. The highest BCUT2D eigenvalue weighted by Gasteiger charge is 2.13. The van der Waals surface area contributed by atoms with Crippen molar-refractivity contribution >= 4 is 11.8 Å². The van der Waals surface area contributed by atoms with Gasteiger partial charge in [-0.3, -0.25) is 0 Å². The number of carboxylic acids is 1. The van der Waals surface area contributed by atoms with Crippen LogP contribution in [0.1, 0.15) is 10.5 Å². The van der Waals surface area contributed by atoms with E-state index in [9.17, 15) is 4.79 Å². The number of carboxylic acid groups (broad SMARTS) is 1. The molecule has 0 radical (unpaired) electrons. The van der Waals surface area contributed by atoms with Gasteiger partial charge in [0.05, 0.1) is 24.4 Å². The average Bonchev–Trinajstić information content (AvgIpc) is 2.71. The van der Waals surface area contributed by atoms with E-state index in [0.717, 1.165) is 0 Å². The first-order valence-electron chi connectivity index (χ1n) is 4.07. The number of furan rings is 1. The molecule has 2 aromatic rings. The summed E-state index contributed by atoms with van der Waals surface area (Å²) in [6.07, 6.45) is 4.31. The fourth-order valence-electron chi connectivity index (χ4n) is 1.11. The molecule has 0 aliphatic carbocycles. The summed E-state index contributed by atoms with van der Waals surface area (Å²) in [7, 11) is 0. The van der Waals surface area contributed by atoms with Crippen molar-refractivity contribution in [1.82, 2.24) is 9.97 Å². The van der Waals surface area contributed by atoms with Crippen LogP contribution in [-0.2, 0) is 0 Å². The fraction of sp³-hybridized carbons (Fsp3) is 0. The van der Waals surface area contributed by atoms with Crippen LogP contribution < -0.4 is 5.73 Å². The van der Waals surface area contributed by atoms with Gasteiger partial charge in [-0.05, 0) is 6.07 Å². The minimum absolute atomic E-state index is 0.102. The molecule has 0 bridgehead atoms. The van der Waals surface area contributed by atoms with Crippen molar-refractivity contribution in [3.05, 3.63) is 30.5 Å². The zero-order valence-electron chi connectivity index (χ0n) is 7.54. The van der Waals surface area contributed by atoms with Gasteiger partial charge in [-0.1, -0.05) is 0 Å². The molecule has 0 amide bonds. The SMILES string of the molecule is Nc1ncc(-c2ccoc2)nc1C(=O)O. The Balaban J connectivity index is 2.52. The predicted octanol–water partition coefficient (Wildman–Crippen LogP) is 1.02. The second-order valence-corrected chi connectivity index (χ2v) is 2.81. The average molecular weight is 205 g/mol. The van der Waals surface area contributed by atoms with E-state index < -0.39 is 5.97 Å². The van der Waals surface area contributed by atoms with Crippen LogP contribution in [-0.4, -0.2) is 21.0 Å². The molecule has 3 N–H and O–H groups in total. The molecule has 0 aliphatic rings. The number of rotatable bonds is 2. The molecule has 6 heteroatoms. The molecule has 0 saturated carbocycles. The summed E-state index contributed by atoms with van der Waals surface area (Å²) >= 11 is 0. The third-order valence-electron chi connectivity index (χ3n) is 1.82. The molecular weight excluding hydrogens is 198 g/mol. The van der Waals surface area contributed by atoms with Crippen molar-refractivity contribution in [1.29, 1.82) is 0 Å². The predicted molar refractivity (Wildman–Crippen MR) is 51.1 cm³/mol. The Morgan fingerprint density at radius 3 is 2.93 bits per heavy atom. The van der Waals surface area contributed by atoms with Gasteiger partial charge in [0.25, 0.3) is 0 Å². The Morgan fingerprint density at radius 1 is 1.53 bits per heavy atom. The first-order valence-corrected chi connectivity index (χ1v) is 4.07. The van der Waals surface area contributed by atoms with E-state index >= 15 is 0 Å². The fourth-order valence-corrected chi connectivity index (χ4v) is 1.11. The number of carbonyl (C=O) groups is 1. The van der Waals surface area contributed by atoms with Gasteiger partial charge in [-0.15, -0.1) is 0 Å². The van der Waals surface area contributed by atoms with Crippen molar-refractivity contribution in [3.63, 3.8) is 0 Å². The van der Waals surface area contributed by atoms with Crippen LogP contribution in [0.2, 0.25) is 0 Å². The van der Waals surface area contributed by atoms with Gasteiger partial charge in [0.15, 0.2) is 11.5 Å². The molecule has 0 aromatic carbocycles. The molecule has 15 heavy (non-hydrogen) atoms. The first kappa shape index (κ1) is 9.20. The number of aromatic nitrogens is 2. The van der Waals surface area contributed by atoms with E-state index in [1.807, 2.05) is 0 Å². The summed E-state index contributed by atoms with van der Waals surface area (Å²) in [5.74, 6) is -1.31. The largest absolute Gasteiger partial charge is 0.476 e. The maximum atomic E-state index is 10.7. The normalized spacial score (nSPS) is 10.1. The van der Waals surface area contributed by atoms with Crippen LogP contribution in [0.25, 0.3) is 11.3 Å². The Bertz CT molecular complexity index is 493. The van der Waals surface area contributed by atoms with Gasteiger partial charge in [-0.2, -0.15) is 0 Å². The highest BCUT2D eigenvalue weighted by molar-refractivity contribution is 5.90. The van der Waals surface area contributed by atoms with Crippen LogP contribution >= 0.6 is 0 Å². The standard InChI is InChI=1S/C9H7N3O3/c10-8-7(9(13)14)12-6(3-11-8)5-1-2-15-4-5/h1-4H,(H2,10,11)(H,13,14). The maximum Gasteiger partial charge on any atom is 0.358 e. The molecule has 0 spiro atoms. The molecule has 0 fully saturated rings. The lowest BCUT2D eigenvalue weighted by molar-refractivity contribution is 0.0691. The maximum absolute atomic E-state index is 10.7. The van der Waals surface area contributed by atoms with E-state index in [-0.39, 0.29) is 11.5 Å². The van der Waals surface area contributed by atoms with Gasteiger partial charge in [0, 0.05) is 5.56 Å². The van der Waals surface area contributed by atoms with Crippen LogP contribution in [0.5, 0.6) is 0 Å². The number of nitrogen functional groups attached to an aromatic ring is 1. The minimum Gasteiger partial charge on any atom is -0.476 e. The second-order valence-electron chi connectivity index (χ2n) is 2.81. The summed E-state index contributed by atoms with van der Waals surface area (Å²) in [6.45, 7) is 0. The molecule has 0 aliphatic heterocycles. The van der Waals surface area contributed by atoms with Crippen LogP contribution in [0, 0.1) is 0 Å². The molecule has 0 saturated heterocycles. The number of anilines is 1. The molecule has 2 rings (SSSR count). The van der Waals surface area contributed by atoms with Gasteiger partial charge in [0.1, 0.15) is 0 Å². The second kappa shape index (κ2) is 3.41. The number of aromatic carboxylic acids is 1. The monoisotopic (exact) mass is 205 g/mol. The summed E-state index contributed by atoms with van der Waals surface area (Å²) in [5, 5.41) is 8.78. The smallest absolute Gasteiger partial charge is 0.358 e. The molecule has 6 nitrogen and oxygen atoms in total. The molecule has 0 atom stereocenters. The third-order valence-corrected chi connectivity index (χ3v) is 1.82. The zero-order valence-corrected chi connectivity index (χ0v) is 7.54. The highest BCUT2D eigenvalue weighted by Crippen LogP contribution is 2.18. The molecule has 0 unspecified atom stereocenters. The molecule has 2 heterocycles. The van der Waals surface area contributed by atoms with E-state index in [1.165, 1.54) is 18.7 Å². The Hall–Kier alpha value is -2.37. The number of hydrogen-bond acceptors (Lipinski definition) is 5. The van der Waals surface area contributed by atoms with Crippen molar-refractivity contribution in [2.24, 2.45) is 0 Å². The lowest BCUT2D eigenvalue weighted by atomic mass is 10.2. The lowest BCUT2D eigenvalue weighted by Gasteiger charge is -2.00. The molecular formula is C9H7N3O3. The van der Waals surface area contributed by atoms with Crippen molar-refractivity contribution in [2.45, 2.75) is 0 Å². The van der Waals surface area contributed by atoms with Gasteiger partial charge in [-0.25, -0.2) is 14.8 Å². The summed E-state index contributed by atoms with van der Waals surface area (Å²) in [5.41, 5.74) is 6.18. The van der Waals surface area contributed by atoms with Crippen LogP contribution in [0.4, 0.5) is 5.82 Å². The third kappa shape index (κ3) is 1.64. The van der Waals surface area contributed by atoms with E-state index in [2.05, 4.69) is 9.97 Å². The van der Waals surface area contributed by atoms with Crippen molar-refractivity contribution in [3.8, 4) is 11.3 Å². The molecule has 2 aromatic heterocycles. The van der Waals surface area contributed by atoms with E-state index in [1.54, 1.807) is 6.07 Å². The lowest BCUT2D eigenvalue weighted by Crippen LogP contribution is -2.08. The topological polar surface area (TPSA) is 102 Å². The Morgan fingerprint density at radius 2 is 2.33 bits per heavy atom. The Labute approximate surface area is 84.4 Å². The summed E-state index contributed by atoms with van der Waals surface area (Å²) in [6, 6.07) is 1.66. The zero-order chi connectivity index (χ0) is 10.8. The minimum atomic E-state index is -1.20.